The van der Waals surface area contributed by atoms with Crippen molar-refractivity contribution in [1.29, 1.82) is 0 Å². The molecule has 3 aromatic rings. The topological polar surface area (TPSA) is 92.3 Å². The van der Waals surface area contributed by atoms with Crippen molar-refractivity contribution < 1.29 is 33.3 Å². The molecular formula is C30H33NO7. The maximum atomic E-state index is 13.7. The summed E-state index contributed by atoms with van der Waals surface area (Å²) < 4.78 is 27.1. The number of anilines is 1. The van der Waals surface area contributed by atoms with Gasteiger partial charge in [-0.15, -0.1) is 0 Å². The van der Waals surface area contributed by atoms with Gasteiger partial charge in [-0.2, -0.15) is 0 Å². The molecule has 38 heavy (non-hydrogen) atoms. The van der Waals surface area contributed by atoms with Gasteiger partial charge in [0.15, 0.2) is 23.0 Å². The van der Waals surface area contributed by atoms with Crippen LogP contribution in [0.4, 0.5) is 5.69 Å². The highest BCUT2D eigenvalue weighted by molar-refractivity contribution is 6.29. The predicted octanol–water partition coefficient (Wildman–Crippen LogP) is 5.95. The summed E-state index contributed by atoms with van der Waals surface area (Å²) in [7, 11) is 6.01. The van der Waals surface area contributed by atoms with Crippen LogP contribution in [0, 0.1) is 0 Å². The highest BCUT2D eigenvalue weighted by atomic mass is 16.6. The van der Waals surface area contributed by atoms with E-state index >= 15 is 0 Å². The standard InChI is InChI=1S/C30H33NO7/c1-18(2)21-9-11-23(12-10-21)31-30(33)24(22-16-27(35-5)29(37-7)28(17-22)36-6)14-20-8-13-25(34-4)26(15-20)38-19(3)32/h8-18H,1-7H3,(H,31,33)/b24-14+. The molecule has 0 radical (unpaired) electrons. The number of esters is 1. The van der Waals surface area contributed by atoms with Gasteiger partial charge in [0, 0.05) is 18.2 Å². The maximum absolute atomic E-state index is 13.7. The third kappa shape index (κ3) is 6.64. The lowest BCUT2D eigenvalue weighted by molar-refractivity contribution is -0.132. The predicted molar refractivity (Wildman–Crippen MR) is 147 cm³/mol. The summed E-state index contributed by atoms with van der Waals surface area (Å²) in [6.07, 6.45) is 1.69. The van der Waals surface area contributed by atoms with Crippen molar-refractivity contribution in [1.82, 2.24) is 0 Å². The number of carbonyl (C=O) groups is 2. The Kier molecular flexibility index (Phi) is 9.38. The van der Waals surface area contributed by atoms with Crippen molar-refractivity contribution in [2.24, 2.45) is 0 Å². The minimum Gasteiger partial charge on any atom is -0.493 e. The lowest BCUT2D eigenvalue weighted by atomic mass is 10.00. The number of hydrogen-bond donors (Lipinski definition) is 1. The van der Waals surface area contributed by atoms with Crippen LogP contribution < -0.4 is 29.0 Å². The Labute approximate surface area is 223 Å². The van der Waals surface area contributed by atoms with Crippen LogP contribution in [0.1, 0.15) is 43.4 Å². The van der Waals surface area contributed by atoms with Crippen LogP contribution >= 0.6 is 0 Å². The molecule has 0 unspecified atom stereocenters. The first kappa shape index (κ1) is 28.1. The fourth-order valence-corrected chi connectivity index (χ4v) is 3.85. The van der Waals surface area contributed by atoms with E-state index in [1.807, 2.05) is 24.3 Å². The van der Waals surface area contributed by atoms with Gasteiger partial charge in [0.2, 0.25) is 5.75 Å². The van der Waals surface area contributed by atoms with E-state index in [1.54, 1.807) is 36.4 Å². The van der Waals surface area contributed by atoms with Gasteiger partial charge in [0.25, 0.3) is 5.91 Å². The Balaban J connectivity index is 2.14. The largest absolute Gasteiger partial charge is 0.493 e. The van der Waals surface area contributed by atoms with Gasteiger partial charge in [-0.1, -0.05) is 32.0 Å². The molecule has 200 valence electrons. The number of methoxy groups -OCH3 is 4. The number of amides is 1. The molecule has 0 fully saturated rings. The van der Waals surface area contributed by atoms with E-state index in [4.69, 9.17) is 23.7 Å². The molecule has 0 spiro atoms. The Bertz CT molecular complexity index is 1300. The van der Waals surface area contributed by atoms with E-state index in [0.717, 1.165) is 0 Å². The summed E-state index contributed by atoms with van der Waals surface area (Å²) in [5, 5.41) is 2.97. The van der Waals surface area contributed by atoms with Gasteiger partial charge in [-0.25, -0.2) is 0 Å². The average Bonchev–Trinajstić information content (AvgIpc) is 2.90. The third-order valence-corrected chi connectivity index (χ3v) is 5.81. The molecule has 0 atom stereocenters. The van der Waals surface area contributed by atoms with Gasteiger partial charge in [0.1, 0.15) is 0 Å². The van der Waals surface area contributed by atoms with Gasteiger partial charge < -0.3 is 29.0 Å². The average molecular weight is 520 g/mol. The highest BCUT2D eigenvalue weighted by Crippen LogP contribution is 2.41. The molecule has 1 amide bonds. The van der Waals surface area contributed by atoms with Crippen LogP contribution in [0.5, 0.6) is 28.7 Å². The van der Waals surface area contributed by atoms with E-state index in [0.29, 0.717) is 51.3 Å². The Hall–Kier alpha value is -4.46. The summed E-state index contributed by atoms with van der Waals surface area (Å²) in [4.78, 5) is 25.3. The first-order chi connectivity index (χ1) is 18.2. The summed E-state index contributed by atoms with van der Waals surface area (Å²) >= 11 is 0. The number of nitrogens with one attached hydrogen (secondary N) is 1. The van der Waals surface area contributed by atoms with E-state index in [-0.39, 0.29) is 11.7 Å². The van der Waals surface area contributed by atoms with E-state index in [9.17, 15) is 9.59 Å². The molecule has 0 bridgehead atoms. The van der Waals surface area contributed by atoms with Crippen LogP contribution in [-0.4, -0.2) is 40.3 Å². The molecule has 0 aliphatic heterocycles. The van der Waals surface area contributed by atoms with Crippen molar-refractivity contribution in [3.05, 3.63) is 71.3 Å². The van der Waals surface area contributed by atoms with Crippen molar-refractivity contribution in [2.45, 2.75) is 26.7 Å². The lowest BCUT2D eigenvalue weighted by Crippen LogP contribution is -2.14. The fourth-order valence-electron chi connectivity index (χ4n) is 3.85. The zero-order valence-electron chi connectivity index (χ0n) is 22.7. The highest BCUT2D eigenvalue weighted by Gasteiger charge is 2.20. The van der Waals surface area contributed by atoms with Gasteiger partial charge in [-0.05, 0) is 65.1 Å². The zero-order chi connectivity index (χ0) is 27.8. The number of rotatable bonds is 10. The van der Waals surface area contributed by atoms with Crippen LogP contribution in [0.3, 0.4) is 0 Å². The Morgan fingerprint density at radius 3 is 1.87 bits per heavy atom. The monoisotopic (exact) mass is 519 g/mol. The second-order valence-corrected chi connectivity index (χ2v) is 8.71. The molecule has 0 saturated heterocycles. The minimum absolute atomic E-state index is 0.239. The van der Waals surface area contributed by atoms with E-state index in [1.165, 1.54) is 40.9 Å². The van der Waals surface area contributed by atoms with Crippen LogP contribution in [0.2, 0.25) is 0 Å². The van der Waals surface area contributed by atoms with Crippen LogP contribution in [-0.2, 0) is 9.59 Å². The summed E-state index contributed by atoms with van der Waals surface area (Å²) in [5.41, 5.74) is 3.26. The Morgan fingerprint density at radius 1 is 0.763 bits per heavy atom. The molecule has 8 heteroatoms. The summed E-state index contributed by atoms with van der Waals surface area (Å²) in [6.45, 7) is 5.52. The van der Waals surface area contributed by atoms with Crippen LogP contribution in [0.15, 0.2) is 54.6 Å². The molecule has 0 heterocycles. The van der Waals surface area contributed by atoms with Gasteiger partial charge in [0.05, 0.1) is 28.4 Å². The Morgan fingerprint density at radius 2 is 1.37 bits per heavy atom. The second kappa shape index (κ2) is 12.7. The minimum atomic E-state index is -0.489. The molecule has 0 aromatic heterocycles. The molecule has 3 rings (SSSR count). The van der Waals surface area contributed by atoms with E-state index in [2.05, 4.69) is 19.2 Å². The van der Waals surface area contributed by atoms with Crippen molar-refractivity contribution in [3.63, 3.8) is 0 Å². The lowest BCUT2D eigenvalue weighted by Gasteiger charge is -2.16. The molecule has 3 aromatic carbocycles. The molecular weight excluding hydrogens is 486 g/mol. The van der Waals surface area contributed by atoms with E-state index < -0.39 is 5.97 Å². The zero-order valence-corrected chi connectivity index (χ0v) is 22.7. The van der Waals surface area contributed by atoms with Gasteiger partial charge in [-0.3, -0.25) is 9.59 Å². The first-order valence-electron chi connectivity index (χ1n) is 12.0. The third-order valence-electron chi connectivity index (χ3n) is 5.81. The smallest absolute Gasteiger partial charge is 0.308 e. The maximum Gasteiger partial charge on any atom is 0.308 e. The molecule has 0 aliphatic rings. The number of hydrogen-bond acceptors (Lipinski definition) is 7. The number of carbonyl (C=O) groups excluding carboxylic acids is 2. The SMILES string of the molecule is COc1ccc(/C=C(/C(=O)Nc2ccc(C(C)C)cc2)c2cc(OC)c(OC)c(OC)c2)cc1OC(C)=O. The van der Waals surface area contributed by atoms with Crippen molar-refractivity contribution >= 4 is 29.2 Å². The fraction of sp³-hybridized carbons (Fsp3) is 0.267. The molecule has 8 nitrogen and oxygen atoms in total. The number of benzene rings is 3. The summed E-state index contributed by atoms with van der Waals surface area (Å²) in [6, 6.07) is 16.2. The molecule has 0 saturated carbocycles. The van der Waals surface area contributed by atoms with Gasteiger partial charge >= 0.3 is 5.97 Å². The first-order valence-corrected chi connectivity index (χ1v) is 12.0. The van der Waals surface area contributed by atoms with Crippen LogP contribution in [0.25, 0.3) is 11.6 Å². The number of ether oxygens (including phenoxy) is 5. The molecule has 1 N–H and O–H groups in total. The normalized spacial score (nSPS) is 11.1. The van der Waals surface area contributed by atoms with Crippen molar-refractivity contribution in [3.8, 4) is 28.7 Å². The summed E-state index contributed by atoms with van der Waals surface area (Å²) in [5.74, 6) is 1.36. The second-order valence-electron chi connectivity index (χ2n) is 8.71. The van der Waals surface area contributed by atoms with Crippen molar-refractivity contribution in [2.75, 3.05) is 33.8 Å². The quantitative estimate of drug-likeness (QED) is 0.153. The molecule has 0 aliphatic carbocycles.